The Balaban J connectivity index is 1.69. The molecule has 1 amide bonds. The SMILES string of the molecule is O=C(NC1CCC(CO)CC1)c1cnc(-c2cccc(F)c2)c(Cl)c1. The number of nitrogens with zero attached hydrogens (tertiary/aromatic N) is 1. The average Bonchev–Trinajstić information content (AvgIpc) is 2.62. The molecule has 0 spiro atoms. The molecule has 1 aliphatic carbocycles. The standard InChI is InChI=1S/C19H20ClFN2O2/c20-17-9-14(10-22-18(17)13-2-1-3-15(21)8-13)19(25)23-16-6-4-12(11-24)5-7-16/h1-3,8-10,12,16,24H,4-7,11H2,(H,23,25). The molecule has 1 fully saturated rings. The molecule has 1 aromatic carbocycles. The van der Waals surface area contributed by atoms with Crippen molar-refractivity contribution in [1.29, 1.82) is 0 Å². The van der Waals surface area contributed by atoms with Gasteiger partial charge in [0.1, 0.15) is 5.82 Å². The van der Waals surface area contributed by atoms with Crippen LogP contribution in [0.15, 0.2) is 36.5 Å². The van der Waals surface area contributed by atoms with Gasteiger partial charge in [-0.25, -0.2) is 4.39 Å². The van der Waals surface area contributed by atoms with Gasteiger partial charge in [0.2, 0.25) is 0 Å². The Morgan fingerprint density at radius 2 is 2.04 bits per heavy atom. The van der Waals surface area contributed by atoms with Gasteiger partial charge < -0.3 is 10.4 Å². The zero-order valence-electron chi connectivity index (χ0n) is 13.7. The van der Waals surface area contributed by atoms with Crippen molar-refractivity contribution in [1.82, 2.24) is 10.3 Å². The van der Waals surface area contributed by atoms with Crippen LogP contribution in [0.4, 0.5) is 4.39 Å². The third kappa shape index (κ3) is 4.35. The molecule has 0 aliphatic heterocycles. The Bertz CT molecular complexity index is 761. The van der Waals surface area contributed by atoms with E-state index in [1.165, 1.54) is 18.3 Å². The maximum atomic E-state index is 13.4. The Morgan fingerprint density at radius 1 is 1.28 bits per heavy atom. The van der Waals surface area contributed by atoms with Crippen molar-refractivity contribution in [2.75, 3.05) is 6.61 Å². The summed E-state index contributed by atoms with van der Waals surface area (Å²) in [6.07, 6.45) is 5.01. The lowest BCUT2D eigenvalue weighted by atomic mass is 9.86. The molecular weight excluding hydrogens is 343 g/mol. The summed E-state index contributed by atoms with van der Waals surface area (Å²) in [4.78, 5) is 16.6. The number of nitrogens with one attached hydrogen (secondary N) is 1. The zero-order chi connectivity index (χ0) is 17.8. The summed E-state index contributed by atoms with van der Waals surface area (Å²) >= 11 is 6.25. The van der Waals surface area contributed by atoms with Crippen LogP contribution in [0.1, 0.15) is 36.0 Å². The van der Waals surface area contributed by atoms with E-state index in [-0.39, 0.29) is 24.4 Å². The summed E-state index contributed by atoms with van der Waals surface area (Å²) < 4.78 is 13.4. The molecule has 2 aromatic rings. The number of carbonyl (C=O) groups is 1. The predicted molar refractivity (Wildman–Crippen MR) is 94.9 cm³/mol. The fourth-order valence-electron chi connectivity index (χ4n) is 3.17. The number of benzene rings is 1. The van der Waals surface area contributed by atoms with E-state index in [0.29, 0.717) is 27.8 Å². The summed E-state index contributed by atoms with van der Waals surface area (Å²) in [6, 6.07) is 7.68. The maximum absolute atomic E-state index is 13.4. The monoisotopic (exact) mass is 362 g/mol. The largest absolute Gasteiger partial charge is 0.396 e. The highest BCUT2D eigenvalue weighted by Crippen LogP contribution is 2.27. The molecule has 6 heteroatoms. The van der Waals surface area contributed by atoms with Crippen molar-refractivity contribution < 1.29 is 14.3 Å². The van der Waals surface area contributed by atoms with Crippen molar-refractivity contribution in [2.45, 2.75) is 31.7 Å². The fourth-order valence-corrected chi connectivity index (χ4v) is 3.44. The first-order valence-corrected chi connectivity index (χ1v) is 8.78. The van der Waals surface area contributed by atoms with Gasteiger partial charge >= 0.3 is 0 Å². The summed E-state index contributed by atoms with van der Waals surface area (Å²) in [5.41, 5.74) is 1.40. The molecule has 2 N–H and O–H groups in total. The van der Waals surface area contributed by atoms with Crippen LogP contribution in [0.3, 0.4) is 0 Å². The average molecular weight is 363 g/mol. The molecule has 0 saturated heterocycles. The lowest BCUT2D eigenvalue weighted by Crippen LogP contribution is -2.38. The molecule has 25 heavy (non-hydrogen) atoms. The minimum atomic E-state index is -0.365. The highest BCUT2D eigenvalue weighted by molar-refractivity contribution is 6.33. The van der Waals surface area contributed by atoms with Crippen LogP contribution >= 0.6 is 11.6 Å². The molecule has 1 aromatic heterocycles. The second-order valence-electron chi connectivity index (χ2n) is 6.44. The molecule has 0 atom stereocenters. The Labute approximate surface area is 151 Å². The van der Waals surface area contributed by atoms with Gasteiger partial charge in [0.25, 0.3) is 5.91 Å². The van der Waals surface area contributed by atoms with Crippen LogP contribution in [0.25, 0.3) is 11.3 Å². The second kappa shape index (κ2) is 7.93. The maximum Gasteiger partial charge on any atom is 0.253 e. The normalized spacial score (nSPS) is 20.3. The van der Waals surface area contributed by atoms with E-state index in [9.17, 15) is 14.3 Å². The van der Waals surface area contributed by atoms with Crippen LogP contribution in [0.5, 0.6) is 0 Å². The lowest BCUT2D eigenvalue weighted by molar-refractivity contribution is 0.0913. The molecule has 132 valence electrons. The van der Waals surface area contributed by atoms with Crippen LogP contribution in [-0.4, -0.2) is 28.6 Å². The van der Waals surface area contributed by atoms with Crippen LogP contribution < -0.4 is 5.32 Å². The number of rotatable bonds is 4. The van der Waals surface area contributed by atoms with Crippen LogP contribution in [0.2, 0.25) is 5.02 Å². The molecule has 4 nitrogen and oxygen atoms in total. The van der Waals surface area contributed by atoms with Gasteiger partial charge in [-0.05, 0) is 49.8 Å². The van der Waals surface area contributed by atoms with Gasteiger partial charge in [-0.1, -0.05) is 23.7 Å². The molecule has 1 heterocycles. The first-order chi connectivity index (χ1) is 12.1. The number of aliphatic hydroxyl groups excluding tert-OH is 1. The Kier molecular flexibility index (Phi) is 5.66. The number of hydrogen-bond acceptors (Lipinski definition) is 3. The number of pyridine rings is 1. The van der Waals surface area contributed by atoms with E-state index in [0.717, 1.165) is 25.7 Å². The summed E-state index contributed by atoms with van der Waals surface area (Å²) in [7, 11) is 0. The summed E-state index contributed by atoms with van der Waals surface area (Å²) in [5.74, 6) is -0.238. The van der Waals surface area contributed by atoms with Gasteiger partial charge in [0.05, 0.1) is 16.3 Å². The lowest BCUT2D eigenvalue weighted by Gasteiger charge is -2.27. The highest BCUT2D eigenvalue weighted by atomic mass is 35.5. The van der Waals surface area contributed by atoms with Gasteiger partial charge in [-0.15, -0.1) is 0 Å². The third-order valence-electron chi connectivity index (χ3n) is 4.64. The molecule has 0 unspecified atom stereocenters. The number of halogens is 2. The highest BCUT2D eigenvalue weighted by Gasteiger charge is 2.22. The van der Waals surface area contributed by atoms with E-state index in [2.05, 4.69) is 10.3 Å². The first kappa shape index (κ1) is 17.8. The Hall–Kier alpha value is -1.98. The quantitative estimate of drug-likeness (QED) is 0.869. The van der Waals surface area contributed by atoms with Crippen LogP contribution in [-0.2, 0) is 0 Å². The van der Waals surface area contributed by atoms with Crippen molar-refractivity contribution in [2.24, 2.45) is 5.92 Å². The number of aromatic nitrogens is 1. The van der Waals surface area contributed by atoms with Gasteiger partial charge in [-0.2, -0.15) is 0 Å². The molecule has 3 rings (SSSR count). The van der Waals surface area contributed by atoms with Crippen molar-refractivity contribution in [3.05, 3.63) is 52.9 Å². The summed E-state index contributed by atoms with van der Waals surface area (Å²) in [6.45, 7) is 0.210. The Morgan fingerprint density at radius 3 is 2.68 bits per heavy atom. The van der Waals surface area contributed by atoms with Crippen molar-refractivity contribution >= 4 is 17.5 Å². The number of carbonyl (C=O) groups excluding carboxylic acids is 1. The molecule has 0 bridgehead atoms. The first-order valence-electron chi connectivity index (χ1n) is 8.40. The predicted octanol–water partition coefficient (Wildman–Crippen LogP) is 3.82. The minimum Gasteiger partial charge on any atom is -0.396 e. The number of amides is 1. The van der Waals surface area contributed by atoms with E-state index < -0.39 is 0 Å². The van der Waals surface area contributed by atoms with E-state index in [4.69, 9.17) is 11.6 Å². The van der Waals surface area contributed by atoms with E-state index >= 15 is 0 Å². The molecular formula is C19H20ClFN2O2. The topological polar surface area (TPSA) is 62.2 Å². The zero-order valence-corrected chi connectivity index (χ0v) is 14.5. The number of aliphatic hydroxyl groups is 1. The van der Waals surface area contributed by atoms with Gasteiger partial charge in [-0.3, -0.25) is 9.78 Å². The number of hydrogen-bond donors (Lipinski definition) is 2. The summed E-state index contributed by atoms with van der Waals surface area (Å²) in [5, 5.41) is 12.5. The van der Waals surface area contributed by atoms with Gasteiger partial charge in [0.15, 0.2) is 0 Å². The van der Waals surface area contributed by atoms with Crippen LogP contribution in [0, 0.1) is 11.7 Å². The van der Waals surface area contributed by atoms with E-state index in [1.807, 2.05) is 0 Å². The molecule has 0 radical (unpaired) electrons. The van der Waals surface area contributed by atoms with Crippen molar-refractivity contribution in [3.8, 4) is 11.3 Å². The van der Waals surface area contributed by atoms with Crippen molar-refractivity contribution in [3.63, 3.8) is 0 Å². The second-order valence-corrected chi connectivity index (χ2v) is 6.85. The smallest absolute Gasteiger partial charge is 0.253 e. The third-order valence-corrected chi connectivity index (χ3v) is 4.93. The van der Waals surface area contributed by atoms with Gasteiger partial charge in [0, 0.05) is 24.4 Å². The molecule has 1 aliphatic rings. The van der Waals surface area contributed by atoms with E-state index in [1.54, 1.807) is 18.2 Å². The molecule has 1 saturated carbocycles. The fraction of sp³-hybridized carbons (Fsp3) is 0.368. The minimum absolute atomic E-state index is 0.108.